The molecule has 2 N–H and O–H groups in total. The van der Waals surface area contributed by atoms with E-state index >= 15 is 0 Å². The van der Waals surface area contributed by atoms with Gasteiger partial charge in [-0.25, -0.2) is 0 Å². The van der Waals surface area contributed by atoms with Crippen LogP contribution in [0.3, 0.4) is 0 Å². The van der Waals surface area contributed by atoms with Gasteiger partial charge in [-0.3, -0.25) is 0 Å². The van der Waals surface area contributed by atoms with Gasteiger partial charge in [-0.2, -0.15) is 0 Å². The fourth-order valence-electron chi connectivity index (χ4n) is 2.83. The van der Waals surface area contributed by atoms with E-state index in [1.807, 2.05) is 0 Å². The molecule has 1 aromatic carbocycles. The van der Waals surface area contributed by atoms with Crippen LogP contribution in [0.4, 0.5) is 0 Å². The van der Waals surface area contributed by atoms with E-state index in [2.05, 4.69) is 39.0 Å². The summed E-state index contributed by atoms with van der Waals surface area (Å²) in [5, 5.41) is 0. The van der Waals surface area contributed by atoms with Gasteiger partial charge in [0.05, 0.1) is 0 Å². The second kappa shape index (κ2) is 3.64. The topological polar surface area (TPSA) is 26.0 Å². The number of hydrogen-bond donors (Lipinski definition) is 1. The number of rotatable bonds is 2. The molecule has 0 radical (unpaired) electrons. The van der Waals surface area contributed by atoms with E-state index in [-0.39, 0.29) is 0 Å². The Kier molecular flexibility index (Phi) is 2.59. The second-order valence-electron chi connectivity index (χ2n) is 5.34. The highest BCUT2D eigenvalue weighted by Gasteiger charge is 2.37. The number of benzene rings is 1. The quantitative estimate of drug-likeness (QED) is 0.786. The summed E-state index contributed by atoms with van der Waals surface area (Å²) in [7, 11) is 0. The average Bonchev–Trinajstić information content (AvgIpc) is 2.46. The third-order valence-electron chi connectivity index (χ3n) is 3.82. The first-order chi connectivity index (χ1) is 7.08. The molecule has 0 aromatic heterocycles. The number of hydrogen-bond acceptors (Lipinski definition) is 1. The van der Waals surface area contributed by atoms with Crippen molar-refractivity contribution in [1.29, 1.82) is 0 Å². The van der Waals surface area contributed by atoms with Crippen LogP contribution in [0.2, 0.25) is 0 Å². The van der Waals surface area contributed by atoms with Crippen molar-refractivity contribution in [2.24, 2.45) is 11.1 Å². The predicted octanol–water partition coefficient (Wildman–Crippen LogP) is 2.87. The minimum absolute atomic E-state index is 0.337. The summed E-state index contributed by atoms with van der Waals surface area (Å²) in [6.45, 7) is 7.64. The maximum absolute atomic E-state index is 5.92. The molecule has 0 bridgehead atoms. The van der Waals surface area contributed by atoms with Crippen LogP contribution in [-0.2, 0) is 12.8 Å². The Bertz CT molecular complexity index is 366. The molecule has 0 spiro atoms. The molecule has 1 nitrogen and oxygen atoms in total. The minimum atomic E-state index is 0.337. The van der Waals surface area contributed by atoms with Gasteiger partial charge in [-0.15, -0.1) is 0 Å². The number of nitrogens with two attached hydrogens (primary N) is 1. The van der Waals surface area contributed by atoms with E-state index in [4.69, 9.17) is 5.73 Å². The first-order valence-electron chi connectivity index (χ1n) is 5.90. The normalized spacial score (nSPS) is 22.8. The van der Waals surface area contributed by atoms with Crippen LogP contribution in [0.25, 0.3) is 0 Å². The maximum atomic E-state index is 5.92. The van der Waals surface area contributed by atoms with Crippen molar-refractivity contribution >= 4 is 0 Å². The summed E-state index contributed by atoms with van der Waals surface area (Å²) in [6, 6.07) is 6.92. The molecule has 1 aromatic rings. The third kappa shape index (κ3) is 1.69. The lowest BCUT2D eigenvalue weighted by Gasteiger charge is -2.26. The lowest BCUT2D eigenvalue weighted by Crippen LogP contribution is -2.24. The Morgan fingerprint density at radius 3 is 2.73 bits per heavy atom. The van der Waals surface area contributed by atoms with Crippen LogP contribution in [0.15, 0.2) is 18.2 Å². The predicted molar refractivity (Wildman–Crippen MR) is 65.1 cm³/mol. The van der Waals surface area contributed by atoms with Crippen molar-refractivity contribution in [3.05, 3.63) is 34.9 Å². The summed E-state index contributed by atoms with van der Waals surface area (Å²) < 4.78 is 0. The minimum Gasteiger partial charge on any atom is -0.330 e. The number of fused-ring (bicyclic) bond motifs is 1. The molecule has 15 heavy (non-hydrogen) atoms. The van der Waals surface area contributed by atoms with Gasteiger partial charge < -0.3 is 5.73 Å². The molecule has 1 atom stereocenters. The highest BCUT2D eigenvalue weighted by molar-refractivity contribution is 5.41. The molecule has 1 heteroatoms. The SMILES string of the molecule is CCc1ccc2c(c1)C(CN)C(C)(C)C2. The van der Waals surface area contributed by atoms with Crippen LogP contribution < -0.4 is 5.73 Å². The summed E-state index contributed by atoms with van der Waals surface area (Å²) in [6.07, 6.45) is 2.29. The smallest absolute Gasteiger partial charge is 0.00184 e. The fourth-order valence-corrected chi connectivity index (χ4v) is 2.83. The van der Waals surface area contributed by atoms with Gasteiger partial charge in [0.1, 0.15) is 0 Å². The van der Waals surface area contributed by atoms with E-state index in [0.29, 0.717) is 11.3 Å². The molecule has 0 aliphatic heterocycles. The fraction of sp³-hybridized carbons (Fsp3) is 0.571. The summed E-state index contributed by atoms with van der Waals surface area (Å²) >= 11 is 0. The van der Waals surface area contributed by atoms with Crippen LogP contribution in [0, 0.1) is 5.41 Å². The van der Waals surface area contributed by atoms with E-state index in [9.17, 15) is 0 Å². The van der Waals surface area contributed by atoms with E-state index in [0.717, 1.165) is 13.0 Å². The van der Waals surface area contributed by atoms with Gasteiger partial charge in [-0.1, -0.05) is 39.0 Å². The Hall–Kier alpha value is -0.820. The Morgan fingerprint density at radius 1 is 1.40 bits per heavy atom. The highest BCUT2D eigenvalue weighted by Crippen LogP contribution is 2.46. The van der Waals surface area contributed by atoms with Gasteiger partial charge in [-0.05, 0) is 41.5 Å². The molecular weight excluding hydrogens is 182 g/mol. The maximum Gasteiger partial charge on any atom is 0.00184 e. The molecule has 1 aliphatic rings. The van der Waals surface area contributed by atoms with Crippen molar-refractivity contribution < 1.29 is 0 Å². The van der Waals surface area contributed by atoms with Crippen LogP contribution in [0.5, 0.6) is 0 Å². The van der Waals surface area contributed by atoms with Crippen LogP contribution in [0.1, 0.15) is 43.4 Å². The molecule has 2 rings (SSSR count). The Morgan fingerprint density at radius 2 is 2.13 bits per heavy atom. The zero-order valence-electron chi connectivity index (χ0n) is 10.0. The van der Waals surface area contributed by atoms with Gasteiger partial charge in [0, 0.05) is 5.92 Å². The molecule has 1 aliphatic carbocycles. The molecule has 0 amide bonds. The molecular formula is C14H21N. The second-order valence-corrected chi connectivity index (χ2v) is 5.34. The first kappa shape index (κ1) is 10.7. The van der Waals surface area contributed by atoms with Gasteiger partial charge in [0.2, 0.25) is 0 Å². The van der Waals surface area contributed by atoms with Crippen molar-refractivity contribution in [2.45, 2.75) is 39.5 Å². The largest absolute Gasteiger partial charge is 0.330 e. The van der Waals surface area contributed by atoms with Crippen molar-refractivity contribution in [1.82, 2.24) is 0 Å². The van der Waals surface area contributed by atoms with Gasteiger partial charge in [0.15, 0.2) is 0 Å². The first-order valence-corrected chi connectivity index (χ1v) is 5.90. The lowest BCUT2D eigenvalue weighted by atomic mass is 9.80. The molecule has 1 unspecified atom stereocenters. The van der Waals surface area contributed by atoms with Crippen molar-refractivity contribution in [3.8, 4) is 0 Å². The van der Waals surface area contributed by atoms with Crippen molar-refractivity contribution in [3.63, 3.8) is 0 Å². The van der Waals surface area contributed by atoms with Crippen molar-refractivity contribution in [2.75, 3.05) is 6.54 Å². The molecule has 0 heterocycles. The van der Waals surface area contributed by atoms with Gasteiger partial charge >= 0.3 is 0 Å². The summed E-state index contributed by atoms with van der Waals surface area (Å²) in [4.78, 5) is 0. The monoisotopic (exact) mass is 203 g/mol. The molecule has 82 valence electrons. The molecule has 0 fully saturated rings. The standard InChI is InChI=1S/C14H21N/c1-4-10-5-6-11-8-14(2,3)13(9-15)12(11)7-10/h5-7,13H,4,8-9,15H2,1-3H3. The Balaban J connectivity index is 2.45. The van der Waals surface area contributed by atoms with Crippen LogP contribution >= 0.6 is 0 Å². The van der Waals surface area contributed by atoms with Gasteiger partial charge in [0.25, 0.3) is 0 Å². The molecule has 0 saturated carbocycles. The zero-order valence-corrected chi connectivity index (χ0v) is 10.0. The highest BCUT2D eigenvalue weighted by atomic mass is 14.6. The third-order valence-corrected chi connectivity index (χ3v) is 3.82. The molecule has 0 saturated heterocycles. The average molecular weight is 203 g/mol. The zero-order chi connectivity index (χ0) is 11.1. The Labute approximate surface area is 92.7 Å². The van der Waals surface area contributed by atoms with E-state index < -0.39 is 0 Å². The van der Waals surface area contributed by atoms with E-state index in [1.165, 1.54) is 23.1 Å². The lowest BCUT2D eigenvalue weighted by molar-refractivity contribution is 0.318. The van der Waals surface area contributed by atoms with Crippen LogP contribution in [-0.4, -0.2) is 6.54 Å². The number of aryl methyl sites for hydroxylation is 1. The van der Waals surface area contributed by atoms with E-state index in [1.54, 1.807) is 0 Å². The summed E-state index contributed by atoms with van der Waals surface area (Å²) in [5.74, 6) is 0.541. The summed E-state index contributed by atoms with van der Waals surface area (Å²) in [5.41, 5.74) is 10.7.